The minimum atomic E-state index is -0.936. The fourth-order valence-electron chi connectivity index (χ4n) is 4.07. The number of likely N-dealkylation sites (N-methyl/N-ethyl adjacent to an activating group) is 2. The minimum absolute atomic E-state index is 0.0887. The number of benzene rings is 2. The van der Waals surface area contributed by atoms with Gasteiger partial charge in [0, 0.05) is 30.3 Å². The Bertz CT molecular complexity index is 1160. The van der Waals surface area contributed by atoms with E-state index in [1.54, 1.807) is 30.3 Å². The first kappa shape index (κ1) is 21.1. The fraction of sp³-hybridized carbons (Fsp3) is 0.231. The summed E-state index contributed by atoms with van der Waals surface area (Å²) in [6, 6.07) is 22.0. The molecule has 1 saturated heterocycles. The van der Waals surface area contributed by atoms with Crippen LogP contribution in [0.5, 0.6) is 0 Å². The summed E-state index contributed by atoms with van der Waals surface area (Å²) in [4.78, 5) is 32.3. The van der Waals surface area contributed by atoms with E-state index in [1.807, 2.05) is 61.5 Å². The van der Waals surface area contributed by atoms with Crippen LogP contribution in [0.2, 0.25) is 0 Å². The zero-order chi connectivity index (χ0) is 22.2. The molecule has 1 fully saturated rings. The smallest absolute Gasteiger partial charge is 0.271 e. The third-order valence-corrected chi connectivity index (χ3v) is 7.07. The number of nitrogens with zero attached hydrogens (tertiary/aromatic N) is 2. The summed E-state index contributed by atoms with van der Waals surface area (Å²) >= 11 is 1.72. The second-order valence-corrected chi connectivity index (χ2v) is 9.48. The number of carbonyl (C=O) groups excluding carboxylic acids is 2. The van der Waals surface area contributed by atoms with Crippen molar-refractivity contribution in [3.63, 3.8) is 0 Å². The molecule has 158 valence electrons. The number of thiophene rings is 1. The van der Waals surface area contributed by atoms with Crippen molar-refractivity contribution < 1.29 is 9.59 Å². The van der Waals surface area contributed by atoms with E-state index in [2.05, 4.69) is 25.1 Å². The Kier molecular flexibility index (Phi) is 5.54. The van der Waals surface area contributed by atoms with Gasteiger partial charge in [0.05, 0.1) is 0 Å². The van der Waals surface area contributed by atoms with Crippen LogP contribution >= 0.6 is 11.3 Å². The molecule has 0 N–H and O–H groups in total. The minimum Gasteiger partial charge on any atom is -0.326 e. The molecule has 2 aromatic carbocycles. The largest absolute Gasteiger partial charge is 0.326 e. The van der Waals surface area contributed by atoms with Crippen LogP contribution in [0, 0.1) is 6.92 Å². The highest BCUT2D eigenvalue weighted by Gasteiger charge is 2.48. The molecule has 0 radical (unpaired) electrons. The molecule has 3 aromatic rings. The second kappa shape index (κ2) is 8.16. The van der Waals surface area contributed by atoms with Gasteiger partial charge in [-0.2, -0.15) is 0 Å². The predicted octanol–water partition coefficient (Wildman–Crippen LogP) is 5.00. The Labute approximate surface area is 187 Å². The highest BCUT2D eigenvalue weighted by Crippen LogP contribution is 2.34. The van der Waals surface area contributed by atoms with Crippen molar-refractivity contribution in [2.75, 3.05) is 14.1 Å². The molecule has 4 nitrogen and oxygen atoms in total. The number of rotatable bonds is 4. The van der Waals surface area contributed by atoms with Crippen LogP contribution in [0.15, 0.2) is 72.4 Å². The molecular weight excluding hydrogens is 404 g/mol. The van der Waals surface area contributed by atoms with Crippen LogP contribution in [0.1, 0.15) is 22.9 Å². The average Bonchev–Trinajstić information content (AvgIpc) is 3.21. The van der Waals surface area contributed by atoms with Gasteiger partial charge in [0.2, 0.25) is 0 Å². The maximum Gasteiger partial charge on any atom is 0.271 e. The molecule has 1 unspecified atom stereocenters. The van der Waals surface area contributed by atoms with Crippen molar-refractivity contribution in [3.05, 3.63) is 88.4 Å². The molecule has 2 heterocycles. The van der Waals surface area contributed by atoms with Gasteiger partial charge in [-0.1, -0.05) is 54.6 Å². The summed E-state index contributed by atoms with van der Waals surface area (Å²) in [5, 5.41) is 0. The molecule has 0 saturated carbocycles. The SMILES string of the molecule is Cc1ccc(-c2ccccc2/C=C2/C(=O)N(C)C(C)(Cc3ccccc3)C(=O)N2C)s1. The van der Waals surface area contributed by atoms with Gasteiger partial charge in [-0.3, -0.25) is 9.59 Å². The molecule has 1 aliphatic rings. The van der Waals surface area contributed by atoms with E-state index in [-0.39, 0.29) is 11.8 Å². The van der Waals surface area contributed by atoms with Crippen LogP contribution in [-0.4, -0.2) is 41.2 Å². The third kappa shape index (κ3) is 3.81. The number of carbonyl (C=O) groups is 2. The monoisotopic (exact) mass is 430 g/mol. The number of amides is 2. The zero-order valence-electron chi connectivity index (χ0n) is 18.3. The van der Waals surface area contributed by atoms with Crippen LogP contribution in [0.3, 0.4) is 0 Å². The molecule has 1 aromatic heterocycles. The van der Waals surface area contributed by atoms with E-state index in [1.165, 1.54) is 9.78 Å². The van der Waals surface area contributed by atoms with Gasteiger partial charge in [-0.05, 0) is 48.7 Å². The van der Waals surface area contributed by atoms with Crippen LogP contribution in [-0.2, 0) is 16.0 Å². The fourth-order valence-corrected chi connectivity index (χ4v) is 4.99. The van der Waals surface area contributed by atoms with E-state index < -0.39 is 5.54 Å². The van der Waals surface area contributed by atoms with Crippen molar-refractivity contribution in [1.82, 2.24) is 9.80 Å². The van der Waals surface area contributed by atoms with Crippen molar-refractivity contribution in [2.24, 2.45) is 0 Å². The van der Waals surface area contributed by atoms with Crippen LogP contribution in [0.4, 0.5) is 0 Å². The predicted molar refractivity (Wildman–Crippen MR) is 127 cm³/mol. The average molecular weight is 431 g/mol. The summed E-state index contributed by atoms with van der Waals surface area (Å²) in [6.07, 6.45) is 2.31. The van der Waals surface area contributed by atoms with E-state index in [0.29, 0.717) is 12.1 Å². The number of hydrogen-bond acceptors (Lipinski definition) is 3. The molecule has 4 rings (SSSR count). The summed E-state index contributed by atoms with van der Waals surface area (Å²) in [7, 11) is 3.42. The van der Waals surface area contributed by atoms with Crippen LogP contribution in [0.25, 0.3) is 16.5 Å². The van der Waals surface area contributed by atoms with Crippen molar-refractivity contribution >= 4 is 29.2 Å². The first-order valence-corrected chi connectivity index (χ1v) is 11.1. The summed E-state index contributed by atoms with van der Waals surface area (Å²) in [6.45, 7) is 3.92. The highest BCUT2D eigenvalue weighted by atomic mass is 32.1. The van der Waals surface area contributed by atoms with Gasteiger partial charge >= 0.3 is 0 Å². The zero-order valence-corrected chi connectivity index (χ0v) is 19.1. The van der Waals surface area contributed by atoms with Crippen molar-refractivity contribution in [3.8, 4) is 10.4 Å². The molecule has 0 spiro atoms. The second-order valence-electron chi connectivity index (χ2n) is 8.19. The first-order valence-electron chi connectivity index (χ1n) is 10.3. The Morgan fingerprint density at radius 2 is 1.61 bits per heavy atom. The summed E-state index contributed by atoms with van der Waals surface area (Å²) in [5.41, 5.74) is 2.46. The van der Waals surface area contributed by atoms with E-state index >= 15 is 0 Å². The summed E-state index contributed by atoms with van der Waals surface area (Å²) < 4.78 is 0. The lowest BCUT2D eigenvalue weighted by molar-refractivity contribution is -0.155. The van der Waals surface area contributed by atoms with Gasteiger partial charge in [-0.15, -0.1) is 11.3 Å². The Hall–Kier alpha value is -3.18. The lowest BCUT2D eigenvalue weighted by Crippen LogP contribution is -2.64. The number of piperazine rings is 1. The third-order valence-electron chi connectivity index (χ3n) is 6.04. The quantitative estimate of drug-likeness (QED) is 0.547. The topological polar surface area (TPSA) is 40.6 Å². The lowest BCUT2D eigenvalue weighted by Gasteiger charge is -2.45. The molecular formula is C26H26N2O2S. The van der Waals surface area contributed by atoms with Gasteiger partial charge in [0.1, 0.15) is 11.2 Å². The van der Waals surface area contributed by atoms with E-state index in [4.69, 9.17) is 0 Å². The number of hydrogen-bond donors (Lipinski definition) is 0. The van der Waals surface area contributed by atoms with Crippen LogP contribution < -0.4 is 0 Å². The molecule has 0 bridgehead atoms. The molecule has 31 heavy (non-hydrogen) atoms. The Balaban J connectivity index is 1.72. The Morgan fingerprint density at radius 3 is 2.29 bits per heavy atom. The van der Waals surface area contributed by atoms with Gasteiger partial charge in [0.25, 0.3) is 11.8 Å². The normalized spacial score (nSPS) is 20.6. The van der Waals surface area contributed by atoms with E-state index in [0.717, 1.165) is 21.6 Å². The van der Waals surface area contributed by atoms with Gasteiger partial charge in [0.15, 0.2) is 0 Å². The maximum atomic E-state index is 13.5. The lowest BCUT2D eigenvalue weighted by atomic mass is 9.87. The van der Waals surface area contributed by atoms with Crippen molar-refractivity contribution in [2.45, 2.75) is 25.8 Å². The van der Waals surface area contributed by atoms with Crippen molar-refractivity contribution in [1.29, 1.82) is 0 Å². The van der Waals surface area contributed by atoms with Gasteiger partial charge in [-0.25, -0.2) is 0 Å². The Morgan fingerprint density at radius 1 is 0.935 bits per heavy atom. The summed E-state index contributed by atoms with van der Waals surface area (Å²) in [5.74, 6) is -0.244. The molecule has 0 aliphatic carbocycles. The highest BCUT2D eigenvalue weighted by molar-refractivity contribution is 7.15. The molecule has 5 heteroatoms. The standard InChI is InChI=1S/C26H26N2O2S/c1-18-14-15-23(31-18)21-13-9-8-12-20(21)16-22-24(29)28(4)26(2,25(30)27(22)3)17-19-10-6-5-7-11-19/h5-16H,17H2,1-4H3/b22-16-. The first-order chi connectivity index (χ1) is 14.8. The molecule has 2 amide bonds. The molecule has 1 atom stereocenters. The number of aryl methyl sites for hydroxylation is 1. The van der Waals surface area contributed by atoms with Gasteiger partial charge < -0.3 is 9.80 Å². The maximum absolute atomic E-state index is 13.5. The van der Waals surface area contributed by atoms with E-state index in [9.17, 15) is 9.59 Å². The molecule has 1 aliphatic heterocycles.